The fourth-order valence-corrected chi connectivity index (χ4v) is 3.78. The molecule has 1 aromatic carbocycles. The van der Waals surface area contributed by atoms with Crippen LogP contribution < -0.4 is 11.1 Å². The molecule has 0 saturated heterocycles. The van der Waals surface area contributed by atoms with E-state index in [1.54, 1.807) is 18.2 Å². The summed E-state index contributed by atoms with van der Waals surface area (Å²) in [4.78, 5) is 12.2. The molecule has 1 amide bonds. The van der Waals surface area contributed by atoms with Gasteiger partial charge in [0.1, 0.15) is 0 Å². The summed E-state index contributed by atoms with van der Waals surface area (Å²) in [6.07, 6.45) is 3.27. The Morgan fingerprint density at radius 2 is 2.32 bits per heavy atom. The number of halogens is 1. The van der Waals surface area contributed by atoms with Crippen LogP contribution in [0.3, 0.4) is 0 Å². The Morgan fingerprint density at radius 1 is 1.53 bits per heavy atom. The molecule has 0 radical (unpaired) electrons. The highest BCUT2D eigenvalue weighted by Crippen LogP contribution is 2.30. The van der Waals surface area contributed by atoms with Gasteiger partial charge in [-0.1, -0.05) is 18.5 Å². The maximum absolute atomic E-state index is 12.2. The van der Waals surface area contributed by atoms with Gasteiger partial charge in [0.2, 0.25) is 0 Å². The molecule has 0 spiro atoms. The van der Waals surface area contributed by atoms with Crippen LogP contribution in [0.5, 0.6) is 0 Å². The van der Waals surface area contributed by atoms with Crippen molar-refractivity contribution in [1.82, 2.24) is 5.32 Å². The second-order valence-electron chi connectivity index (χ2n) is 4.80. The van der Waals surface area contributed by atoms with Crippen LogP contribution >= 0.6 is 23.4 Å². The second kappa shape index (κ2) is 6.53. The van der Waals surface area contributed by atoms with Crippen molar-refractivity contribution >= 4 is 35.0 Å². The first-order valence-corrected chi connectivity index (χ1v) is 8.00. The van der Waals surface area contributed by atoms with E-state index in [1.165, 1.54) is 6.42 Å². The van der Waals surface area contributed by atoms with Crippen molar-refractivity contribution < 1.29 is 4.79 Å². The monoisotopic (exact) mass is 298 g/mol. The zero-order valence-corrected chi connectivity index (χ0v) is 12.6. The van der Waals surface area contributed by atoms with Crippen LogP contribution in [0.2, 0.25) is 5.02 Å². The molecule has 19 heavy (non-hydrogen) atoms. The number of anilines is 1. The standard InChI is InChI=1S/C14H19ClN2OS/c1-2-19-11-5-4-10(8-11)17-14(18)12-7-9(16)3-6-13(12)15/h3,6-7,10-11H,2,4-5,8,16H2,1H3,(H,17,18). The molecule has 104 valence electrons. The number of amides is 1. The minimum atomic E-state index is -0.121. The van der Waals surface area contributed by atoms with E-state index in [4.69, 9.17) is 17.3 Å². The van der Waals surface area contributed by atoms with Gasteiger partial charge in [0.15, 0.2) is 0 Å². The molecule has 2 rings (SSSR count). The molecule has 1 fully saturated rings. The molecule has 0 aromatic heterocycles. The third-order valence-corrected chi connectivity index (χ3v) is 4.92. The predicted octanol–water partition coefficient (Wildman–Crippen LogP) is 3.33. The van der Waals surface area contributed by atoms with Crippen molar-refractivity contribution in [2.45, 2.75) is 37.5 Å². The lowest BCUT2D eigenvalue weighted by Gasteiger charge is -2.14. The largest absolute Gasteiger partial charge is 0.399 e. The van der Waals surface area contributed by atoms with E-state index in [0.29, 0.717) is 21.5 Å². The molecule has 1 saturated carbocycles. The minimum absolute atomic E-state index is 0.121. The number of hydrogen-bond acceptors (Lipinski definition) is 3. The van der Waals surface area contributed by atoms with E-state index >= 15 is 0 Å². The summed E-state index contributed by atoms with van der Waals surface area (Å²) in [5.41, 5.74) is 6.71. The van der Waals surface area contributed by atoms with E-state index in [1.807, 2.05) is 11.8 Å². The molecule has 2 atom stereocenters. The number of nitrogens with two attached hydrogens (primary N) is 1. The number of benzene rings is 1. The number of carbonyl (C=O) groups is 1. The maximum atomic E-state index is 12.2. The Bertz CT molecular complexity index is 467. The molecule has 3 N–H and O–H groups in total. The molecular weight excluding hydrogens is 280 g/mol. The third kappa shape index (κ3) is 3.80. The molecule has 0 bridgehead atoms. The Hall–Kier alpha value is -0.870. The number of rotatable bonds is 4. The van der Waals surface area contributed by atoms with Crippen molar-refractivity contribution in [1.29, 1.82) is 0 Å². The average Bonchev–Trinajstić information content (AvgIpc) is 2.80. The van der Waals surface area contributed by atoms with Gasteiger partial charge in [-0.25, -0.2) is 0 Å². The minimum Gasteiger partial charge on any atom is -0.399 e. The maximum Gasteiger partial charge on any atom is 0.253 e. The topological polar surface area (TPSA) is 55.1 Å². The van der Waals surface area contributed by atoms with Crippen molar-refractivity contribution in [2.24, 2.45) is 0 Å². The number of thioether (sulfide) groups is 1. The lowest BCUT2D eigenvalue weighted by Crippen LogP contribution is -2.33. The Labute approximate surface area is 123 Å². The fraction of sp³-hybridized carbons (Fsp3) is 0.500. The summed E-state index contributed by atoms with van der Waals surface area (Å²) >= 11 is 8.01. The smallest absolute Gasteiger partial charge is 0.253 e. The number of carbonyl (C=O) groups excluding carboxylic acids is 1. The van der Waals surface area contributed by atoms with Gasteiger partial charge in [0, 0.05) is 17.0 Å². The fourth-order valence-electron chi connectivity index (χ4n) is 2.44. The summed E-state index contributed by atoms with van der Waals surface area (Å²) in [5.74, 6) is 1.01. The SMILES string of the molecule is CCSC1CCC(NC(=O)c2cc(N)ccc2Cl)C1. The summed E-state index contributed by atoms with van der Waals surface area (Å²) in [6.45, 7) is 2.17. The first-order valence-electron chi connectivity index (χ1n) is 6.57. The van der Waals surface area contributed by atoms with E-state index in [-0.39, 0.29) is 11.9 Å². The predicted molar refractivity (Wildman–Crippen MR) is 82.9 cm³/mol. The van der Waals surface area contributed by atoms with Crippen LogP contribution in [0.1, 0.15) is 36.5 Å². The Morgan fingerprint density at radius 3 is 3.05 bits per heavy atom. The van der Waals surface area contributed by atoms with Gasteiger partial charge in [-0.2, -0.15) is 11.8 Å². The molecule has 1 aliphatic carbocycles. The zero-order chi connectivity index (χ0) is 13.8. The summed E-state index contributed by atoms with van der Waals surface area (Å²) in [6, 6.07) is 5.25. The van der Waals surface area contributed by atoms with Crippen molar-refractivity contribution in [3.8, 4) is 0 Å². The first kappa shape index (κ1) is 14.5. The number of nitrogens with one attached hydrogen (secondary N) is 1. The van der Waals surface area contributed by atoms with Gasteiger partial charge in [-0.05, 0) is 43.2 Å². The van der Waals surface area contributed by atoms with Gasteiger partial charge >= 0.3 is 0 Å². The summed E-state index contributed by atoms with van der Waals surface area (Å²) in [7, 11) is 0. The number of nitrogen functional groups attached to an aromatic ring is 1. The highest BCUT2D eigenvalue weighted by molar-refractivity contribution is 7.99. The van der Waals surface area contributed by atoms with E-state index < -0.39 is 0 Å². The summed E-state index contributed by atoms with van der Waals surface area (Å²) in [5, 5.41) is 4.18. The van der Waals surface area contributed by atoms with Crippen LogP contribution in [0, 0.1) is 0 Å². The van der Waals surface area contributed by atoms with Crippen LogP contribution in [0.15, 0.2) is 18.2 Å². The molecule has 0 heterocycles. The lowest BCUT2D eigenvalue weighted by molar-refractivity contribution is 0.0938. The van der Waals surface area contributed by atoms with Crippen LogP contribution in [0.4, 0.5) is 5.69 Å². The van der Waals surface area contributed by atoms with Crippen LogP contribution in [0.25, 0.3) is 0 Å². The molecular formula is C14H19ClN2OS. The molecule has 0 aliphatic heterocycles. The van der Waals surface area contributed by atoms with E-state index in [9.17, 15) is 4.79 Å². The first-order chi connectivity index (χ1) is 9.10. The van der Waals surface area contributed by atoms with Gasteiger partial charge in [-0.15, -0.1) is 0 Å². The molecule has 2 unspecified atom stereocenters. The van der Waals surface area contributed by atoms with Crippen LogP contribution in [-0.4, -0.2) is 23.0 Å². The van der Waals surface area contributed by atoms with E-state index in [0.717, 1.165) is 18.6 Å². The third-order valence-electron chi connectivity index (χ3n) is 3.36. The molecule has 5 heteroatoms. The van der Waals surface area contributed by atoms with Gasteiger partial charge < -0.3 is 11.1 Å². The van der Waals surface area contributed by atoms with Crippen molar-refractivity contribution in [2.75, 3.05) is 11.5 Å². The second-order valence-corrected chi connectivity index (χ2v) is 6.78. The lowest BCUT2D eigenvalue weighted by atomic mass is 10.1. The summed E-state index contributed by atoms with van der Waals surface area (Å²) < 4.78 is 0. The molecule has 1 aliphatic rings. The van der Waals surface area contributed by atoms with E-state index in [2.05, 4.69) is 12.2 Å². The van der Waals surface area contributed by atoms with Gasteiger partial charge in [0.25, 0.3) is 5.91 Å². The van der Waals surface area contributed by atoms with Gasteiger partial charge in [0.05, 0.1) is 10.6 Å². The van der Waals surface area contributed by atoms with Crippen molar-refractivity contribution in [3.05, 3.63) is 28.8 Å². The molecule has 3 nitrogen and oxygen atoms in total. The zero-order valence-electron chi connectivity index (χ0n) is 11.0. The van der Waals surface area contributed by atoms with Crippen molar-refractivity contribution in [3.63, 3.8) is 0 Å². The number of hydrogen-bond donors (Lipinski definition) is 2. The highest BCUT2D eigenvalue weighted by Gasteiger charge is 2.26. The molecule has 1 aromatic rings. The Kier molecular flexibility index (Phi) is 4.99. The highest BCUT2D eigenvalue weighted by atomic mass is 35.5. The Balaban J connectivity index is 1.96. The quantitative estimate of drug-likeness (QED) is 0.838. The normalized spacial score (nSPS) is 22.4. The van der Waals surface area contributed by atoms with Crippen LogP contribution in [-0.2, 0) is 0 Å². The average molecular weight is 299 g/mol. The van der Waals surface area contributed by atoms with Gasteiger partial charge in [-0.3, -0.25) is 4.79 Å².